The van der Waals surface area contributed by atoms with E-state index < -0.39 is 0 Å². The second-order valence-corrected chi connectivity index (χ2v) is 3.58. The molecule has 3 nitrogen and oxygen atoms in total. The Balaban J connectivity index is 0.000000720. The lowest BCUT2D eigenvalue weighted by atomic mass is 9.87. The molecule has 2 aliphatic rings. The molecule has 0 aromatic heterocycles. The van der Waals surface area contributed by atoms with Crippen molar-refractivity contribution in [2.45, 2.75) is 31.2 Å². The van der Waals surface area contributed by atoms with Gasteiger partial charge < -0.3 is 10.6 Å². The van der Waals surface area contributed by atoms with Crippen LogP contribution >= 0.6 is 24.8 Å². The fraction of sp³-hybridized carbons (Fsp3) is 0.875. The Morgan fingerprint density at radius 3 is 2.15 bits per heavy atom. The first kappa shape index (κ1) is 13.0. The molecule has 0 atom stereocenters. The minimum Gasteiger partial charge on any atom is -0.351 e. The lowest BCUT2D eigenvalue weighted by Crippen LogP contribution is -2.49. The summed E-state index contributed by atoms with van der Waals surface area (Å²) in [6, 6.07) is 0. The zero-order valence-electron chi connectivity index (χ0n) is 7.47. The molecule has 2 saturated heterocycles. The van der Waals surface area contributed by atoms with Gasteiger partial charge in [0.05, 0.1) is 0 Å². The van der Waals surface area contributed by atoms with E-state index in [1.54, 1.807) is 0 Å². The smallest absolute Gasteiger partial charge is 0.220 e. The van der Waals surface area contributed by atoms with E-state index in [4.69, 9.17) is 0 Å². The highest BCUT2D eigenvalue weighted by atomic mass is 35.5. The average molecular weight is 227 g/mol. The van der Waals surface area contributed by atoms with E-state index in [0.29, 0.717) is 0 Å². The quantitative estimate of drug-likeness (QED) is 0.644. The second-order valence-electron chi connectivity index (χ2n) is 3.58. The van der Waals surface area contributed by atoms with Gasteiger partial charge in [0, 0.05) is 12.0 Å². The van der Waals surface area contributed by atoms with Crippen LogP contribution in [0.15, 0.2) is 0 Å². The molecule has 2 N–H and O–H groups in total. The van der Waals surface area contributed by atoms with E-state index in [1.807, 2.05) is 0 Å². The number of amides is 1. The maximum atomic E-state index is 11.0. The molecule has 0 aromatic rings. The average Bonchev–Trinajstić information content (AvgIpc) is 2.34. The van der Waals surface area contributed by atoms with Crippen LogP contribution in [0.3, 0.4) is 0 Å². The monoisotopic (exact) mass is 226 g/mol. The number of rotatable bonds is 0. The summed E-state index contributed by atoms with van der Waals surface area (Å²) >= 11 is 0. The van der Waals surface area contributed by atoms with Gasteiger partial charge in [-0.25, -0.2) is 0 Å². The lowest BCUT2D eigenvalue weighted by Gasteiger charge is -2.33. The molecule has 2 aliphatic heterocycles. The summed E-state index contributed by atoms with van der Waals surface area (Å²) in [6.07, 6.45) is 4.00. The van der Waals surface area contributed by atoms with Gasteiger partial charge in [0.25, 0.3) is 0 Å². The molecule has 0 aromatic carbocycles. The summed E-state index contributed by atoms with van der Waals surface area (Å²) in [5.41, 5.74) is 0.183. The summed E-state index contributed by atoms with van der Waals surface area (Å²) in [5, 5.41) is 6.39. The van der Waals surface area contributed by atoms with Crippen LogP contribution in [-0.4, -0.2) is 24.5 Å². The first-order valence-electron chi connectivity index (χ1n) is 4.33. The molecule has 5 heteroatoms. The largest absolute Gasteiger partial charge is 0.351 e. The topological polar surface area (TPSA) is 41.1 Å². The predicted octanol–water partition coefficient (Wildman–Crippen LogP) is 0.862. The van der Waals surface area contributed by atoms with Gasteiger partial charge in [-0.1, -0.05) is 0 Å². The molecule has 2 rings (SSSR count). The Bertz CT molecular complexity index is 181. The Hall–Kier alpha value is 0.01000. The van der Waals surface area contributed by atoms with Gasteiger partial charge in [-0.05, 0) is 32.4 Å². The Morgan fingerprint density at radius 1 is 1.08 bits per heavy atom. The van der Waals surface area contributed by atoms with Crippen LogP contribution in [0.25, 0.3) is 0 Å². The number of hydrogen-bond acceptors (Lipinski definition) is 2. The van der Waals surface area contributed by atoms with E-state index in [2.05, 4.69) is 10.6 Å². The molecule has 1 spiro atoms. The number of nitrogens with one attached hydrogen (secondary N) is 2. The van der Waals surface area contributed by atoms with Crippen LogP contribution in [0.5, 0.6) is 0 Å². The molecule has 13 heavy (non-hydrogen) atoms. The van der Waals surface area contributed by atoms with E-state index in [0.717, 1.165) is 38.8 Å². The molecule has 0 saturated carbocycles. The minimum atomic E-state index is 0. The van der Waals surface area contributed by atoms with Crippen molar-refractivity contribution in [2.75, 3.05) is 13.1 Å². The maximum Gasteiger partial charge on any atom is 0.220 e. The molecule has 78 valence electrons. The Kier molecular flexibility index (Phi) is 5.04. The third kappa shape index (κ3) is 2.73. The summed E-state index contributed by atoms with van der Waals surface area (Å²) in [4.78, 5) is 11.0. The van der Waals surface area contributed by atoms with Crippen molar-refractivity contribution in [3.63, 3.8) is 0 Å². The fourth-order valence-electron chi connectivity index (χ4n) is 2.05. The number of carbonyl (C=O) groups is 1. The van der Waals surface area contributed by atoms with Crippen LogP contribution in [-0.2, 0) is 4.79 Å². The normalized spacial score (nSPS) is 24.5. The van der Waals surface area contributed by atoms with E-state index in [1.165, 1.54) is 0 Å². The number of piperidine rings is 1. The van der Waals surface area contributed by atoms with Gasteiger partial charge in [0.2, 0.25) is 5.91 Å². The predicted molar refractivity (Wildman–Crippen MR) is 56.7 cm³/mol. The molecule has 0 aliphatic carbocycles. The summed E-state index contributed by atoms with van der Waals surface area (Å²) < 4.78 is 0. The zero-order chi connectivity index (χ0) is 7.73. The van der Waals surface area contributed by atoms with Crippen molar-refractivity contribution in [3.05, 3.63) is 0 Å². The second kappa shape index (κ2) is 5.03. The molecule has 2 heterocycles. The van der Waals surface area contributed by atoms with Crippen LogP contribution in [0.2, 0.25) is 0 Å². The van der Waals surface area contributed by atoms with Gasteiger partial charge in [-0.3, -0.25) is 4.79 Å². The Labute approximate surface area is 90.8 Å². The van der Waals surface area contributed by atoms with Gasteiger partial charge in [0.15, 0.2) is 0 Å². The van der Waals surface area contributed by atoms with Gasteiger partial charge in [0.1, 0.15) is 0 Å². The van der Waals surface area contributed by atoms with Crippen molar-refractivity contribution in [2.24, 2.45) is 0 Å². The molecule has 0 radical (unpaired) electrons. The highest BCUT2D eigenvalue weighted by Crippen LogP contribution is 2.28. The van der Waals surface area contributed by atoms with Crippen molar-refractivity contribution in [1.82, 2.24) is 10.6 Å². The van der Waals surface area contributed by atoms with E-state index >= 15 is 0 Å². The fourth-order valence-corrected chi connectivity index (χ4v) is 2.05. The van der Waals surface area contributed by atoms with Crippen LogP contribution in [0.1, 0.15) is 25.7 Å². The van der Waals surface area contributed by atoms with Gasteiger partial charge in [-0.15, -0.1) is 24.8 Å². The molecule has 0 unspecified atom stereocenters. The first-order chi connectivity index (χ1) is 5.31. The number of halogens is 2. The molecule has 1 amide bonds. The van der Waals surface area contributed by atoms with Crippen LogP contribution < -0.4 is 10.6 Å². The summed E-state index contributed by atoms with van der Waals surface area (Å²) in [5.74, 6) is 0.243. The minimum absolute atomic E-state index is 0. The highest BCUT2D eigenvalue weighted by molar-refractivity contribution is 5.85. The van der Waals surface area contributed by atoms with E-state index in [9.17, 15) is 4.79 Å². The highest BCUT2D eigenvalue weighted by Gasteiger charge is 2.37. The standard InChI is InChI=1S/C8H14N2O.2ClH/c11-7-1-2-8(10-7)3-5-9-6-4-8;;/h9H,1-6H2,(H,10,11);2*1H. The van der Waals surface area contributed by atoms with Crippen LogP contribution in [0, 0.1) is 0 Å². The zero-order valence-corrected chi connectivity index (χ0v) is 9.10. The van der Waals surface area contributed by atoms with Crippen molar-refractivity contribution < 1.29 is 4.79 Å². The summed E-state index contributed by atoms with van der Waals surface area (Å²) in [7, 11) is 0. The number of hydrogen-bond donors (Lipinski definition) is 2. The van der Waals surface area contributed by atoms with Gasteiger partial charge >= 0.3 is 0 Å². The SMILES string of the molecule is Cl.Cl.O=C1CCC2(CCNCC2)N1. The third-order valence-corrected chi connectivity index (χ3v) is 2.80. The first-order valence-corrected chi connectivity index (χ1v) is 4.33. The maximum absolute atomic E-state index is 11.0. The van der Waals surface area contributed by atoms with Crippen molar-refractivity contribution in [3.8, 4) is 0 Å². The third-order valence-electron chi connectivity index (χ3n) is 2.80. The molecule has 0 bridgehead atoms. The Morgan fingerprint density at radius 2 is 1.69 bits per heavy atom. The lowest BCUT2D eigenvalue weighted by molar-refractivity contribution is -0.119. The molecule has 2 fully saturated rings. The van der Waals surface area contributed by atoms with Crippen LogP contribution in [0.4, 0.5) is 0 Å². The number of carbonyl (C=O) groups excluding carboxylic acids is 1. The van der Waals surface area contributed by atoms with Crippen molar-refractivity contribution >= 4 is 30.7 Å². The van der Waals surface area contributed by atoms with Gasteiger partial charge in [-0.2, -0.15) is 0 Å². The van der Waals surface area contributed by atoms with Crippen molar-refractivity contribution in [1.29, 1.82) is 0 Å². The summed E-state index contributed by atoms with van der Waals surface area (Å²) in [6.45, 7) is 2.11. The van der Waals surface area contributed by atoms with E-state index in [-0.39, 0.29) is 36.3 Å². The molecular formula is C8H16Cl2N2O. The molecular weight excluding hydrogens is 211 g/mol.